The quantitative estimate of drug-likeness (QED) is 0.641. The van der Waals surface area contributed by atoms with Crippen LogP contribution in [-0.2, 0) is 20.8 Å². The molecule has 0 atom stereocenters. The summed E-state index contributed by atoms with van der Waals surface area (Å²) < 4.78 is 0.737. The lowest BCUT2D eigenvalue weighted by atomic mass is 10.2. The number of thiazole rings is 1. The van der Waals surface area contributed by atoms with Gasteiger partial charge in [-0.1, -0.05) is 17.8 Å². The minimum atomic E-state index is -0.173. The summed E-state index contributed by atoms with van der Waals surface area (Å²) in [6.45, 7) is 1.42. The van der Waals surface area contributed by atoms with Gasteiger partial charge in [0.2, 0.25) is 17.7 Å². The van der Waals surface area contributed by atoms with Gasteiger partial charge in [-0.2, -0.15) is 0 Å². The maximum atomic E-state index is 12.0. The largest absolute Gasteiger partial charge is 0.359 e. The van der Waals surface area contributed by atoms with Crippen LogP contribution in [0.2, 0.25) is 0 Å². The molecule has 0 radical (unpaired) electrons. The molecule has 0 saturated heterocycles. The van der Waals surface area contributed by atoms with Gasteiger partial charge in [-0.3, -0.25) is 14.4 Å². The molecule has 0 aliphatic rings. The highest BCUT2D eigenvalue weighted by Gasteiger charge is 2.09. The van der Waals surface area contributed by atoms with Crippen LogP contribution in [0.15, 0.2) is 34.0 Å². The Kier molecular flexibility index (Phi) is 6.96. The summed E-state index contributed by atoms with van der Waals surface area (Å²) in [7, 11) is 1.58. The Bertz CT molecular complexity index is 776. The molecule has 1 aromatic heterocycles. The Morgan fingerprint density at radius 2 is 1.88 bits per heavy atom. The third-order valence-corrected chi connectivity index (χ3v) is 5.01. The Hall–Kier alpha value is -2.39. The second-order valence-electron chi connectivity index (χ2n) is 5.05. The number of hydrogen-bond donors (Lipinski definition) is 3. The predicted octanol–water partition coefficient (Wildman–Crippen LogP) is 2.12. The van der Waals surface area contributed by atoms with E-state index in [9.17, 15) is 14.4 Å². The van der Waals surface area contributed by atoms with Crippen LogP contribution in [0, 0.1) is 0 Å². The molecule has 0 bridgehead atoms. The van der Waals surface area contributed by atoms with Crippen molar-refractivity contribution in [2.45, 2.75) is 17.7 Å². The lowest BCUT2D eigenvalue weighted by molar-refractivity contribution is -0.120. The molecule has 2 rings (SSSR count). The SMILES string of the molecule is CNC(=O)Cc1csc(SCC(=O)Nc2cccc(NC(C)=O)c2)n1. The van der Waals surface area contributed by atoms with E-state index in [1.165, 1.54) is 30.0 Å². The highest BCUT2D eigenvalue weighted by atomic mass is 32.2. The number of carbonyl (C=O) groups excluding carboxylic acids is 3. The molecule has 2 aromatic rings. The molecule has 0 aliphatic heterocycles. The van der Waals surface area contributed by atoms with E-state index in [1.54, 1.807) is 31.3 Å². The van der Waals surface area contributed by atoms with Crippen molar-refractivity contribution in [1.82, 2.24) is 10.3 Å². The first-order valence-electron chi connectivity index (χ1n) is 7.41. The van der Waals surface area contributed by atoms with E-state index in [1.807, 2.05) is 5.38 Å². The molecule has 1 aromatic carbocycles. The molecule has 0 aliphatic carbocycles. The molecule has 0 unspecified atom stereocenters. The monoisotopic (exact) mass is 378 g/mol. The molecule has 9 heteroatoms. The third-order valence-electron chi connectivity index (χ3n) is 2.94. The van der Waals surface area contributed by atoms with E-state index in [4.69, 9.17) is 0 Å². The summed E-state index contributed by atoms with van der Waals surface area (Å²) in [5, 5.41) is 9.80. The highest BCUT2D eigenvalue weighted by molar-refractivity contribution is 8.01. The van der Waals surface area contributed by atoms with Crippen LogP contribution >= 0.6 is 23.1 Å². The summed E-state index contributed by atoms with van der Waals surface area (Å²) in [6.07, 6.45) is 0.232. The van der Waals surface area contributed by atoms with E-state index < -0.39 is 0 Å². The molecule has 0 spiro atoms. The molecular weight excluding hydrogens is 360 g/mol. The van der Waals surface area contributed by atoms with Crippen molar-refractivity contribution in [3.8, 4) is 0 Å². The maximum absolute atomic E-state index is 12.0. The molecular formula is C16H18N4O3S2. The van der Waals surface area contributed by atoms with Crippen molar-refractivity contribution in [3.63, 3.8) is 0 Å². The molecule has 0 saturated carbocycles. The number of benzene rings is 1. The average Bonchev–Trinajstić information content (AvgIpc) is 3.00. The fourth-order valence-electron chi connectivity index (χ4n) is 1.89. The van der Waals surface area contributed by atoms with Crippen molar-refractivity contribution < 1.29 is 14.4 Å². The fraction of sp³-hybridized carbons (Fsp3) is 0.250. The second-order valence-corrected chi connectivity index (χ2v) is 7.13. The number of thioether (sulfide) groups is 1. The normalized spacial score (nSPS) is 10.2. The van der Waals surface area contributed by atoms with E-state index in [0.717, 1.165) is 4.34 Å². The van der Waals surface area contributed by atoms with Crippen LogP contribution < -0.4 is 16.0 Å². The molecule has 3 amide bonds. The predicted molar refractivity (Wildman–Crippen MR) is 100.0 cm³/mol. The van der Waals surface area contributed by atoms with Crippen LogP contribution in [0.1, 0.15) is 12.6 Å². The Labute approximate surface area is 153 Å². The summed E-state index contributed by atoms with van der Waals surface area (Å²) >= 11 is 2.72. The van der Waals surface area contributed by atoms with E-state index in [0.29, 0.717) is 17.1 Å². The number of nitrogens with zero attached hydrogens (tertiary/aromatic N) is 1. The first kappa shape index (κ1) is 18.9. The molecule has 7 nitrogen and oxygen atoms in total. The number of likely N-dealkylation sites (N-methyl/N-ethyl adjacent to an activating group) is 1. The lowest BCUT2D eigenvalue weighted by Crippen LogP contribution is -2.20. The number of aromatic nitrogens is 1. The van der Waals surface area contributed by atoms with Crippen LogP contribution in [0.25, 0.3) is 0 Å². The molecule has 25 heavy (non-hydrogen) atoms. The number of nitrogens with one attached hydrogen (secondary N) is 3. The molecule has 1 heterocycles. The van der Waals surface area contributed by atoms with Crippen LogP contribution in [0.3, 0.4) is 0 Å². The number of amides is 3. The van der Waals surface area contributed by atoms with Gasteiger partial charge in [-0.25, -0.2) is 4.98 Å². The van der Waals surface area contributed by atoms with E-state index in [2.05, 4.69) is 20.9 Å². The molecule has 132 valence electrons. The minimum absolute atomic E-state index is 0.0985. The van der Waals surface area contributed by atoms with Gasteiger partial charge in [0, 0.05) is 30.7 Å². The smallest absolute Gasteiger partial charge is 0.234 e. The van der Waals surface area contributed by atoms with Gasteiger partial charge in [-0.05, 0) is 18.2 Å². The van der Waals surface area contributed by atoms with Crippen LogP contribution in [0.5, 0.6) is 0 Å². The maximum Gasteiger partial charge on any atom is 0.234 e. The van der Waals surface area contributed by atoms with E-state index >= 15 is 0 Å². The number of hydrogen-bond acceptors (Lipinski definition) is 6. The van der Waals surface area contributed by atoms with Crippen molar-refractivity contribution >= 4 is 52.2 Å². The molecule has 3 N–H and O–H groups in total. The number of carbonyl (C=O) groups is 3. The van der Waals surface area contributed by atoms with Gasteiger partial charge < -0.3 is 16.0 Å². The first-order chi connectivity index (χ1) is 12.0. The standard InChI is InChI=1S/C16H18N4O3S2/c1-10(21)18-11-4-3-5-12(6-11)19-15(23)9-25-16-20-13(8-24-16)7-14(22)17-2/h3-6,8H,7,9H2,1-2H3,(H,17,22)(H,18,21)(H,19,23). The van der Waals surface area contributed by atoms with Gasteiger partial charge in [-0.15, -0.1) is 11.3 Å². The third kappa shape index (κ3) is 6.55. The number of rotatable bonds is 7. The zero-order valence-electron chi connectivity index (χ0n) is 13.8. The minimum Gasteiger partial charge on any atom is -0.359 e. The Morgan fingerprint density at radius 1 is 1.16 bits per heavy atom. The van der Waals surface area contributed by atoms with Crippen LogP contribution in [0.4, 0.5) is 11.4 Å². The second kappa shape index (κ2) is 9.19. The fourth-order valence-corrected chi connectivity index (χ4v) is 3.54. The van der Waals surface area contributed by atoms with Crippen molar-refractivity contribution in [2.75, 3.05) is 23.4 Å². The number of anilines is 2. The highest BCUT2D eigenvalue weighted by Crippen LogP contribution is 2.23. The van der Waals surface area contributed by atoms with Crippen molar-refractivity contribution in [2.24, 2.45) is 0 Å². The summed E-state index contributed by atoms with van der Waals surface area (Å²) in [6, 6.07) is 6.93. The lowest BCUT2D eigenvalue weighted by Gasteiger charge is -2.07. The average molecular weight is 378 g/mol. The van der Waals surface area contributed by atoms with Gasteiger partial charge in [0.15, 0.2) is 4.34 Å². The molecule has 0 fully saturated rings. The van der Waals surface area contributed by atoms with Crippen molar-refractivity contribution in [1.29, 1.82) is 0 Å². The van der Waals surface area contributed by atoms with Crippen LogP contribution in [-0.4, -0.2) is 35.5 Å². The summed E-state index contributed by atoms with van der Waals surface area (Å²) in [4.78, 5) is 38.7. The Balaban J connectivity index is 1.84. The van der Waals surface area contributed by atoms with Gasteiger partial charge >= 0.3 is 0 Å². The van der Waals surface area contributed by atoms with Crippen molar-refractivity contribution in [3.05, 3.63) is 35.3 Å². The van der Waals surface area contributed by atoms with E-state index in [-0.39, 0.29) is 29.9 Å². The zero-order chi connectivity index (χ0) is 18.2. The zero-order valence-corrected chi connectivity index (χ0v) is 15.4. The van der Waals surface area contributed by atoms with Gasteiger partial charge in [0.1, 0.15) is 0 Å². The van der Waals surface area contributed by atoms with Gasteiger partial charge in [0.25, 0.3) is 0 Å². The topological polar surface area (TPSA) is 100 Å². The summed E-state index contributed by atoms with van der Waals surface area (Å²) in [5.74, 6) is -0.237. The summed E-state index contributed by atoms with van der Waals surface area (Å²) in [5.41, 5.74) is 1.92. The first-order valence-corrected chi connectivity index (χ1v) is 9.28. The van der Waals surface area contributed by atoms with Gasteiger partial charge in [0.05, 0.1) is 17.9 Å². The Morgan fingerprint density at radius 3 is 2.56 bits per heavy atom.